The van der Waals surface area contributed by atoms with E-state index in [2.05, 4.69) is 5.32 Å². The first kappa shape index (κ1) is 20.6. The molecule has 0 bridgehead atoms. The molecule has 3 rings (SSSR count). The first-order chi connectivity index (χ1) is 13.7. The minimum atomic E-state index is -0.987. The van der Waals surface area contributed by atoms with Crippen LogP contribution in [0.25, 0.3) is 0 Å². The van der Waals surface area contributed by atoms with Crippen LogP contribution in [0.4, 0.5) is 4.79 Å². The van der Waals surface area contributed by atoms with E-state index in [4.69, 9.17) is 9.47 Å². The summed E-state index contributed by atoms with van der Waals surface area (Å²) < 4.78 is 11.1. The van der Waals surface area contributed by atoms with Crippen LogP contribution in [0.5, 0.6) is 11.5 Å². The molecule has 29 heavy (non-hydrogen) atoms. The van der Waals surface area contributed by atoms with Crippen molar-refractivity contribution in [1.29, 1.82) is 0 Å². The van der Waals surface area contributed by atoms with Crippen molar-refractivity contribution in [3.63, 3.8) is 0 Å². The van der Waals surface area contributed by atoms with Crippen molar-refractivity contribution in [2.75, 3.05) is 19.8 Å². The summed E-state index contributed by atoms with van der Waals surface area (Å²) in [5, 5.41) is 2.86. The predicted octanol–water partition coefficient (Wildman–Crippen LogP) is 1.47. The van der Waals surface area contributed by atoms with Crippen LogP contribution in [0, 0.1) is 5.92 Å². The molecule has 2 heterocycles. The third-order valence-corrected chi connectivity index (χ3v) is 4.81. The third-order valence-electron chi connectivity index (χ3n) is 4.81. The largest absolute Gasteiger partial charge is 0.486 e. The number of carbonyl (C=O) groups excluding carboxylic acids is 4. The highest BCUT2D eigenvalue weighted by atomic mass is 16.6. The number of fused-ring (bicyclic) bond motifs is 1. The van der Waals surface area contributed by atoms with Gasteiger partial charge in [-0.05, 0) is 37.5 Å². The van der Waals surface area contributed by atoms with E-state index in [0.717, 1.165) is 10.5 Å². The molecule has 0 aromatic heterocycles. The second-order valence-corrected chi connectivity index (χ2v) is 7.64. The summed E-state index contributed by atoms with van der Waals surface area (Å²) in [6, 6.07) is 3.84. The van der Waals surface area contributed by atoms with Gasteiger partial charge in [0.2, 0.25) is 5.91 Å². The lowest BCUT2D eigenvalue weighted by atomic mass is 9.95. The lowest BCUT2D eigenvalue weighted by Gasteiger charge is -2.26. The minimum Gasteiger partial charge on any atom is -0.486 e. The van der Waals surface area contributed by atoms with E-state index in [-0.39, 0.29) is 12.0 Å². The molecule has 1 fully saturated rings. The smallest absolute Gasteiger partial charge is 0.334 e. The van der Waals surface area contributed by atoms with Crippen LogP contribution in [0.15, 0.2) is 18.2 Å². The van der Waals surface area contributed by atoms with E-state index in [9.17, 15) is 19.2 Å². The first-order valence-corrected chi connectivity index (χ1v) is 9.58. The summed E-state index contributed by atoms with van der Waals surface area (Å²) in [6.07, 6.45) is 0. The Kier molecular flexibility index (Phi) is 5.76. The van der Waals surface area contributed by atoms with Gasteiger partial charge < -0.3 is 14.8 Å². The molecule has 1 aromatic rings. The van der Waals surface area contributed by atoms with Gasteiger partial charge in [0.25, 0.3) is 0 Å². The van der Waals surface area contributed by atoms with E-state index in [1.165, 1.54) is 0 Å². The van der Waals surface area contributed by atoms with Crippen LogP contribution in [-0.2, 0) is 14.4 Å². The Balaban J connectivity index is 1.73. The highest BCUT2D eigenvalue weighted by molar-refractivity contribution is 6.45. The highest BCUT2D eigenvalue weighted by Gasteiger charge is 2.46. The molecule has 0 saturated carbocycles. The molecule has 0 radical (unpaired) electrons. The minimum absolute atomic E-state index is 0.0280. The van der Waals surface area contributed by atoms with Crippen molar-refractivity contribution >= 4 is 23.8 Å². The van der Waals surface area contributed by atoms with Crippen LogP contribution in [0.1, 0.15) is 39.3 Å². The number of carbonyl (C=O) groups is 4. The van der Waals surface area contributed by atoms with E-state index in [1.54, 1.807) is 19.9 Å². The summed E-state index contributed by atoms with van der Waals surface area (Å²) in [5.74, 6) is -1.14. The quantitative estimate of drug-likeness (QED) is 0.570. The van der Waals surface area contributed by atoms with E-state index in [0.29, 0.717) is 29.6 Å². The first-order valence-electron chi connectivity index (χ1n) is 9.58. The number of imide groups is 2. The molecule has 0 unspecified atom stereocenters. The molecule has 1 N–H and O–H groups in total. The van der Waals surface area contributed by atoms with Crippen LogP contribution in [0.3, 0.4) is 0 Å². The fourth-order valence-electron chi connectivity index (χ4n) is 3.37. The highest BCUT2D eigenvalue weighted by Crippen LogP contribution is 2.34. The maximum absolute atomic E-state index is 12.6. The average molecular weight is 403 g/mol. The van der Waals surface area contributed by atoms with Crippen LogP contribution in [0.2, 0.25) is 0 Å². The predicted molar refractivity (Wildman–Crippen MR) is 102 cm³/mol. The zero-order valence-corrected chi connectivity index (χ0v) is 16.9. The van der Waals surface area contributed by atoms with E-state index < -0.39 is 36.3 Å². The van der Waals surface area contributed by atoms with Crippen LogP contribution in [-0.4, -0.2) is 59.4 Å². The zero-order valence-electron chi connectivity index (χ0n) is 16.9. The van der Waals surface area contributed by atoms with Crippen LogP contribution >= 0.6 is 0 Å². The van der Waals surface area contributed by atoms with E-state index >= 15 is 0 Å². The number of ether oxygens (including phenoxy) is 2. The number of nitrogens with one attached hydrogen (secondary N) is 1. The standard InChI is InChI=1S/C20H25N3O6/c1-11(2)17(13-5-6-14-15(9-13)29-8-7-28-14)21-16(24)10-22-18(25)19(26)23(12(3)4)20(22)27/h5-6,9,11-12,17H,7-8,10H2,1-4H3,(H,21,24)/t17-/m1/s1. The molecular formula is C20H25N3O6. The SMILES string of the molecule is CC(C)[C@@H](NC(=O)CN1C(=O)C(=O)N(C(C)C)C1=O)c1ccc2c(c1)OCCO2. The Morgan fingerprint density at radius 3 is 2.28 bits per heavy atom. The molecule has 9 nitrogen and oxygen atoms in total. The number of nitrogens with zero attached hydrogens (tertiary/aromatic N) is 2. The summed E-state index contributed by atoms with van der Waals surface area (Å²) >= 11 is 0. The van der Waals surface area contributed by atoms with E-state index in [1.807, 2.05) is 26.0 Å². The fraction of sp³-hybridized carbons (Fsp3) is 0.500. The molecular weight excluding hydrogens is 378 g/mol. The average Bonchev–Trinajstić information content (AvgIpc) is 2.88. The summed E-state index contributed by atoms with van der Waals surface area (Å²) in [4.78, 5) is 50.6. The monoisotopic (exact) mass is 403 g/mol. The topological polar surface area (TPSA) is 105 Å². The number of hydrogen-bond acceptors (Lipinski definition) is 6. The maximum atomic E-state index is 12.6. The Hall–Kier alpha value is -3.10. The molecule has 0 aliphatic carbocycles. The molecule has 0 spiro atoms. The summed E-state index contributed by atoms with van der Waals surface area (Å²) in [5.41, 5.74) is 0.816. The zero-order chi connectivity index (χ0) is 21.3. The fourth-order valence-corrected chi connectivity index (χ4v) is 3.37. The second-order valence-electron chi connectivity index (χ2n) is 7.64. The van der Waals surface area contributed by atoms with Crippen molar-refractivity contribution in [3.05, 3.63) is 23.8 Å². The van der Waals surface area contributed by atoms with Gasteiger partial charge in [-0.2, -0.15) is 0 Å². The Morgan fingerprint density at radius 2 is 1.69 bits per heavy atom. The number of amides is 5. The lowest BCUT2D eigenvalue weighted by molar-refractivity contribution is -0.144. The number of rotatable bonds is 6. The van der Waals surface area contributed by atoms with Crippen molar-refractivity contribution < 1.29 is 28.7 Å². The van der Waals surface area contributed by atoms with Gasteiger partial charge in [0, 0.05) is 6.04 Å². The lowest BCUT2D eigenvalue weighted by Crippen LogP contribution is -2.44. The van der Waals surface area contributed by atoms with Crippen molar-refractivity contribution in [1.82, 2.24) is 15.1 Å². The number of hydrogen-bond donors (Lipinski definition) is 1. The Morgan fingerprint density at radius 1 is 1.03 bits per heavy atom. The van der Waals surface area contributed by atoms with Gasteiger partial charge in [-0.25, -0.2) is 9.69 Å². The van der Waals surface area contributed by atoms with Gasteiger partial charge in [0.15, 0.2) is 11.5 Å². The maximum Gasteiger partial charge on any atom is 0.334 e. The molecule has 156 valence electrons. The molecule has 2 aliphatic heterocycles. The van der Waals surface area contributed by atoms with Gasteiger partial charge in [-0.3, -0.25) is 19.3 Å². The van der Waals surface area contributed by atoms with Crippen molar-refractivity contribution in [2.24, 2.45) is 5.92 Å². The van der Waals surface area contributed by atoms with Gasteiger partial charge in [-0.1, -0.05) is 19.9 Å². The van der Waals surface area contributed by atoms with Gasteiger partial charge >= 0.3 is 17.8 Å². The van der Waals surface area contributed by atoms with Crippen molar-refractivity contribution in [2.45, 2.75) is 39.8 Å². The number of urea groups is 1. The molecule has 5 amide bonds. The van der Waals surface area contributed by atoms with Crippen LogP contribution < -0.4 is 14.8 Å². The molecule has 1 aromatic carbocycles. The second kappa shape index (κ2) is 8.10. The van der Waals surface area contributed by atoms with Crippen molar-refractivity contribution in [3.8, 4) is 11.5 Å². The van der Waals surface area contributed by atoms with Gasteiger partial charge in [0.1, 0.15) is 19.8 Å². The summed E-state index contributed by atoms with van der Waals surface area (Å²) in [7, 11) is 0. The normalized spacial score (nSPS) is 17.4. The molecule has 1 saturated heterocycles. The summed E-state index contributed by atoms with van der Waals surface area (Å²) in [6.45, 7) is 7.57. The van der Waals surface area contributed by atoms with Gasteiger partial charge in [0.05, 0.1) is 6.04 Å². The molecule has 2 aliphatic rings. The molecule has 9 heteroatoms. The Bertz CT molecular complexity index is 851. The van der Waals surface area contributed by atoms with Gasteiger partial charge in [-0.15, -0.1) is 0 Å². The third kappa shape index (κ3) is 4.03. The number of benzene rings is 1. The Labute approximate surface area is 168 Å². The molecule has 1 atom stereocenters.